The van der Waals surface area contributed by atoms with E-state index >= 15 is 0 Å². The van der Waals surface area contributed by atoms with Crippen molar-refractivity contribution in [2.45, 2.75) is 26.2 Å². The zero-order valence-electron chi connectivity index (χ0n) is 12.8. The molecule has 1 aliphatic rings. The van der Waals surface area contributed by atoms with Gasteiger partial charge < -0.3 is 4.74 Å². The van der Waals surface area contributed by atoms with Crippen LogP contribution >= 0.6 is 0 Å². The predicted molar refractivity (Wildman–Crippen MR) is 84.7 cm³/mol. The summed E-state index contributed by atoms with van der Waals surface area (Å²) in [5.74, 6) is -2.62. The molecule has 0 aliphatic heterocycles. The van der Waals surface area contributed by atoms with E-state index in [0.717, 1.165) is 24.8 Å². The summed E-state index contributed by atoms with van der Waals surface area (Å²) in [7, 11) is 0. The van der Waals surface area contributed by atoms with E-state index in [1.807, 2.05) is 6.08 Å². The third-order valence-electron chi connectivity index (χ3n) is 4.01. The van der Waals surface area contributed by atoms with Crippen molar-refractivity contribution >= 4 is 5.57 Å². The molecule has 1 aliphatic carbocycles. The quantitative estimate of drug-likeness (QED) is 0.699. The van der Waals surface area contributed by atoms with E-state index in [4.69, 9.17) is 4.74 Å². The Hall–Kier alpha value is -2.23. The lowest BCUT2D eigenvalue weighted by molar-refractivity contribution is 0.314. The number of halogens is 3. The molecule has 0 N–H and O–H groups in total. The van der Waals surface area contributed by atoms with Crippen LogP contribution in [0.15, 0.2) is 36.4 Å². The smallest absolute Gasteiger partial charge is 0.201 e. The first-order valence-corrected chi connectivity index (χ1v) is 7.72. The molecule has 0 fully saturated rings. The standard InChI is InChI=1S/C19H17F3O/c1-2-23-17-10-9-15(18(21)19(17)22)13-7-8-14(16(20)11-13)12-5-3-4-6-12/h5,7-11H,2-4,6H2,1H3. The number of rotatable bonds is 4. The molecule has 0 heterocycles. The van der Waals surface area contributed by atoms with Gasteiger partial charge in [0.25, 0.3) is 0 Å². The van der Waals surface area contributed by atoms with Gasteiger partial charge in [-0.3, -0.25) is 0 Å². The monoisotopic (exact) mass is 318 g/mol. The fraction of sp³-hybridized carbons (Fsp3) is 0.263. The molecule has 0 radical (unpaired) electrons. The van der Waals surface area contributed by atoms with Gasteiger partial charge in [-0.1, -0.05) is 18.2 Å². The van der Waals surface area contributed by atoms with Crippen LogP contribution in [0.3, 0.4) is 0 Å². The van der Waals surface area contributed by atoms with Gasteiger partial charge in [-0.25, -0.2) is 8.78 Å². The Balaban J connectivity index is 1.99. The van der Waals surface area contributed by atoms with E-state index in [0.29, 0.717) is 11.1 Å². The van der Waals surface area contributed by atoms with E-state index < -0.39 is 17.5 Å². The third kappa shape index (κ3) is 2.98. The lowest BCUT2D eigenvalue weighted by Gasteiger charge is -2.11. The van der Waals surface area contributed by atoms with Crippen LogP contribution < -0.4 is 4.74 Å². The fourth-order valence-corrected chi connectivity index (χ4v) is 2.88. The maximum absolute atomic E-state index is 14.3. The molecule has 0 saturated carbocycles. The highest BCUT2D eigenvalue weighted by Crippen LogP contribution is 2.34. The SMILES string of the molecule is CCOc1ccc(-c2ccc(C3=CCCC3)c(F)c2)c(F)c1F. The van der Waals surface area contributed by atoms with E-state index in [1.165, 1.54) is 18.2 Å². The van der Waals surface area contributed by atoms with Gasteiger partial charge >= 0.3 is 0 Å². The summed E-state index contributed by atoms with van der Waals surface area (Å²) in [5, 5.41) is 0. The average molecular weight is 318 g/mol. The van der Waals surface area contributed by atoms with E-state index in [2.05, 4.69) is 0 Å². The van der Waals surface area contributed by atoms with Crippen LogP contribution in [0.2, 0.25) is 0 Å². The number of allylic oxidation sites excluding steroid dienone is 2. The first-order valence-electron chi connectivity index (χ1n) is 7.72. The Kier molecular flexibility index (Phi) is 4.42. The second kappa shape index (κ2) is 6.49. The second-order valence-electron chi connectivity index (χ2n) is 5.49. The van der Waals surface area contributed by atoms with Gasteiger partial charge in [0.1, 0.15) is 5.82 Å². The van der Waals surface area contributed by atoms with Crippen LogP contribution in [0.5, 0.6) is 5.75 Å². The zero-order chi connectivity index (χ0) is 16.4. The Morgan fingerprint density at radius 1 is 1.00 bits per heavy atom. The Bertz CT molecular complexity index is 765. The van der Waals surface area contributed by atoms with Crippen LogP contribution in [-0.2, 0) is 0 Å². The lowest BCUT2D eigenvalue weighted by atomic mass is 9.99. The molecule has 1 nitrogen and oxygen atoms in total. The van der Waals surface area contributed by atoms with Crippen molar-refractivity contribution in [2.24, 2.45) is 0 Å². The Morgan fingerprint density at radius 2 is 1.78 bits per heavy atom. The molecule has 0 bridgehead atoms. The van der Waals surface area contributed by atoms with Gasteiger partial charge in [-0.2, -0.15) is 4.39 Å². The van der Waals surface area contributed by atoms with E-state index in [1.54, 1.807) is 19.1 Å². The highest BCUT2D eigenvalue weighted by molar-refractivity contribution is 5.72. The van der Waals surface area contributed by atoms with Crippen molar-refractivity contribution < 1.29 is 17.9 Å². The molecule has 0 aromatic heterocycles. The third-order valence-corrected chi connectivity index (χ3v) is 4.01. The molecule has 120 valence electrons. The molecule has 4 heteroatoms. The molecular weight excluding hydrogens is 301 g/mol. The highest BCUT2D eigenvalue weighted by Gasteiger charge is 2.18. The molecule has 0 spiro atoms. The number of ether oxygens (including phenoxy) is 1. The summed E-state index contributed by atoms with van der Waals surface area (Å²) in [6.45, 7) is 1.94. The Labute approximate surface area is 133 Å². The highest BCUT2D eigenvalue weighted by atomic mass is 19.2. The van der Waals surface area contributed by atoms with Crippen molar-refractivity contribution in [1.82, 2.24) is 0 Å². The predicted octanol–water partition coefficient (Wildman–Crippen LogP) is 5.74. The molecule has 2 aromatic carbocycles. The average Bonchev–Trinajstić information content (AvgIpc) is 3.06. The fourth-order valence-electron chi connectivity index (χ4n) is 2.88. The normalized spacial score (nSPS) is 14.0. The molecule has 0 amide bonds. The minimum atomic E-state index is -1.05. The van der Waals surface area contributed by atoms with Crippen LogP contribution in [0.4, 0.5) is 13.2 Å². The zero-order valence-corrected chi connectivity index (χ0v) is 12.8. The van der Waals surface area contributed by atoms with Crippen LogP contribution in [0.25, 0.3) is 16.7 Å². The van der Waals surface area contributed by atoms with Gasteiger partial charge in [-0.15, -0.1) is 0 Å². The summed E-state index contributed by atoms with van der Waals surface area (Å²) in [4.78, 5) is 0. The van der Waals surface area contributed by atoms with E-state index in [9.17, 15) is 13.2 Å². The lowest BCUT2D eigenvalue weighted by Crippen LogP contribution is -1.99. The first kappa shape index (κ1) is 15.7. The molecule has 3 rings (SSSR count). The summed E-state index contributed by atoms with van der Waals surface area (Å²) in [6, 6.07) is 7.29. The van der Waals surface area contributed by atoms with Crippen molar-refractivity contribution in [3.63, 3.8) is 0 Å². The Morgan fingerprint density at radius 3 is 2.43 bits per heavy atom. The van der Waals surface area contributed by atoms with Crippen molar-refractivity contribution in [1.29, 1.82) is 0 Å². The summed E-state index contributed by atoms with van der Waals surface area (Å²) in [6.07, 6.45) is 4.85. The van der Waals surface area contributed by atoms with Crippen LogP contribution in [-0.4, -0.2) is 6.61 Å². The molecule has 23 heavy (non-hydrogen) atoms. The summed E-state index contributed by atoms with van der Waals surface area (Å²) < 4.78 is 47.5. The molecule has 2 aromatic rings. The molecule has 0 unspecified atom stereocenters. The summed E-state index contributed by atoms with van der Waals surface area (Å²) in [5.41, 5.74) is 1.85. The van der Waals surface area contributed by atoms with Gasteiger partial charge in [0.15, 0.2) is 11.6 Å². The summed E-state index contributed by atoms with van der Waals surface area (Å²) >= 11 is 0. The maximum Gasteiger partial charge on any atom is 0.201 e. The largest absolute Gasteiger partial charge is 0.491 e. The van der Waals surface area contributed by atoms with Gasteiger partial charge in [-0.05, 0) is 55.5 Å². The molecule has 0 atom stereocenters. The number of hydrogen-bond acceptors (Lipinski definition) is 1. The minimum absolute atomic E-state index is 0.0248. The molecule has 0 saturated heterocycles. The topological polar surface area (TPSA) is 9.23 Å². The van der Waals surface area contributed by atoms with E-state index in [-0.39, 0.29) is 17.9 Å². The van der Waals surface area contributed by atoms with Gasteiger partial charge in [0.05, 0.1) is 6.61 Å². The first-order chi connectivity index (χ1) is 11.1. The van der Waals surface area contributed by atoms with Gasteiger partial charge in [0, 0.05) is 11.1 Å². The van der Waals surface area contributed by atoms with Crippen molar-refractivity contribution in [3.8, 4) is 16.9 Å². The number of hydrogen-bond donors (Lipinski definition) is 0. The molecular formula is C19H17F3O. The van der Waals surface area contributed by atoms with Crippen molar-refractivity contribution in [3.05, 3.63) is 59.4 Å². The second-order valence-corrected chi connectivity index (χ2v) is 5.49. The number of benzene rings is 2. The van der Waals surface area contributed by atoms with Gasteiger partial charge in [0.2, 0.25) is 5.82 Å². The van der Waals surface area contributed by atoms with Crippen molar-refractivity contribution in [2.75, 3.05) is 6.61 Å². The van der Waals surface area contributed by atoms with Crippen LogP contribution in [0, 0.1) is 17.5 Å². The minimum Gasteiger partial charge on any atom is -0.491 e. The van der Waals surface area contributed by atoms with Crippen LogP contribution in [0.1, 0.15) is 31.7 Å². The maximum atomic E-state index is 14.3.